The molecule has 2 N–H and O–H groups in total. The van der Waals surface area contributed by atoms with Crippen LogP contribution in [0.2, 0.25) is 5.02 Å². The van der Waals surface area contributed by atoms with Gasteiger partial charge in [-0.15, -0.1) is 10.2 Å². The Bertz CT molecular complexity index is 857. The number of thioether (sulfide) groups is 1. The molecule has 1 aliphatic rings. The topological polar surface area (TPSA) is 87.2 Å². The van der Waals surface area contributed by atoms with Crippen LogP contribution >= 0.6 is 23.4 Å². The monoisotopic (exact) mass is 447 g/mol. The predicted octanol–water partition coefficient (Wildman–Crippen LogP) is 3.60. The molecule has 1 aliphatic heterocycles. The highest BCUT2D eigenvalue weighted by molar-refractivity contribution is 7.99. The lowest BCUT2D eigenvalue weighted by molar-refractivity contribution is -0.125. The van der Waals surface area contributed by atoms with Crippen LogP contribution in [0.3, 0.4) is 0 Å². The van der Waals surface area contributed by atoms with Gasteiger partial charge < -0.3 is 15.5 Å². The molecule has 2 aromatic rings. The Morgan fingerprint density at radius 1 is 1.17 bits per heavy atom. The summed E-state index contributed by atoms with van der Waals surface area (Å²) in [5, 5.41) is 15.5. The maximum Gasteiger partial charge on any atom is 0.234 e. The van der Waals surface area contributed by atoms with E-state index in [1.807, 2.05) is 24.3 Å². The molecule has 1 aromatic carbocycles. The first-order chi connectivity index (χ1) is 14.6. The summed E-state index contributed by atoms with van der Waals surface area (Å²) < 4.78 is 0. The second-order valence-electron chi connectivity index (χ2n) is 7.10. The Labute approximate surface area is 186 Å². The number of rotatable bonds is 8. The highest BCUT2D eigenvalue weighted by Crippen LogP contribution is 2.24. The zero-order valence-corrected chi connectivity index (χ0v) is 18.5. The van der Waals surface area contributed by atoms with Crippen LogP contribution in [0, 0.1) is 5.92 Å². The number of carbonyl (C=O) groups is 2. The number of hydrogen-bond donors (Lipinski definition) is 2. The van der Waals surface area contributed by atoms with E-state index in [9.17, 15) is 9.59 Å². The highest BCUT2D eigenvalue weighted by atomic mass is 35.5. The van der Waals surface area contributed by atoms with Crippen molar-refractivity contribution in [2.75, 3.05) is 35.6 Å². The molecule has 7 nitrogen and oxygen atoms in total. The maximum absolute atomic E-state index is 12.1. The van der Waals surface area contributed by atoms with Gasteiger partial charge >= 0.3 is 0 Å². The van der Waals surface area contributed by atoms with Crippen LogP contribution in [0.5, 0.6) is 0 Å². The highest BCUT2D eigenvalue weighted by Gasteiger charge is 2.25. The van der Waals surface area contributed by atoms with Gasteiger partial charge in [0.05, 0.1) is 16.5 Å². The lowest BCUT2D eigenvalue weighted by atomic mass is 9.96. The van der Waals surface area contributed by atoms with Crippen LogP contribution in [-0.2, 0) is 9.59 Å². The number of piperidine rings is 1. The number of halogens is 1. The van der Waals surface area contributed by atoms with Gasteiger partial charge in [-0.1, -0.05) is 42.4 Å². The van der Waals surface area contributed by atoms with Crippen molar-refractivity contribution in [3.05, 3.63) is 41.4 Å². The minimum Gasteiger partial charge on any atom is -0.356 e. The average molecular weight is 448 g/mol. The van der Waals surface area contributed by atoms with Crippen molar-refractivity contribution in [3.8, 4) is 0 Å². The third-order valence-electron chi connectivity index (χ3n) is 4.86. The van der Waals surface area contributed by atoms with E-state index in [0.29, 0.717) is 15.7 Å². The molecule has 1 saturated heterocycles. The predicted molar refractivity (Wildman–Crippen MR) is 121 cm³/mol. The molecule has 0 radical (unpaired) electrons. The minimum absolute atomic E-state index is 0.0761. The molecule has 0 unspecified atom stereocenters. The summed E-state index contributed by atoms with van der Waals surface area (Å²) >= 11 is 7.38. The van der Waals surface area contributed by atoms with E-state index in [2.05, 4.69) is 32.7 Å². The number of hydrogen-bond acceptors (Lipinski definition) is 6. The van der Waals surface area contributed by atoms with Crippen molar-refractivity contribution >= 4 is 46.7 Å². The average Bonchev–Trinajstić information content (AvgIpc) is 2.78. The van der Waals surface area contributed by atoms with E-state index in [4.69, 9.17) is 11.6 Å². The summed E-state index contributed by atoms with van der Waals surface area (Å²) in [6.45, 7) is 4.35. The van der Waals surface area contributed by atoms with Crippen molar-refractivity contribution in [1.29, 1.82) is 0 Å². The first-order valence-corrected chi connectivity index (χ1v) is 11.5. The fourth-order valence-electron chi connectivity index (χ4n) is 3.21. The zero-order chi connectivity index (χ0) is 21.3. The standard InChI is InChI=1S/C21H26ClN5O2S/c1-2-11-23-21(29)15-9-12-27(13-10-15)18-7-8-20(26-25-18)30-14-19(28)24-17-6-4-3-5-16(17)22/h3-8,15H,2,9-14H2,1H3,(H,23,29)(H,24,28). The van der Waals surface area contributed by atoms with Gasteiger partial charge in [0.25, 0.3) is 0 Å². The fourth-order valence-corrected chi connectivity index (χ4v) is 4.01. The summed E-state index contributed by atoms with van der Waals surface area (Å²) in [5.41, 5.74) is 0.595. The Morgan fingerprint density at radius 2 is 1.93 bits per heavy atom. The third-order valence-corrected chi connectivity index (χ3v) is 6.11. The molecule has 3 rings (SSSR count). The van der Waals surface area contributed by atoms with Crippen molar-refractivity contribution in [2.24, 2.45) is 5.92 Å². The number of anilines is 2. The van der Waals surface area contributed by atoms with E-state index in [0.717, 1.165) is 44.7 Å². The number of nitrogens with one attached hydrogen (secondary N) is 2. The molecular formula is C21H26ClN5O2S. The lowest BCUT2D eigenvalue weighted by Crippen LogP contribution is -2.41. The van der Waals surface area contributed by atoms with Gasteiger partial charge in [0.15, 0.2) is 5.82 Å². The molecule has 0 atom stereocenters. The van der Waals surface area contributed by atoms with Gasteiger partial charge in [-0.2, -0.15) is 0 Å². The molecule has 2 heterocycles. The summed E-state index contributed by atoms with van der Waals surface area (Å²) in [6, 6.07) is 10.9. The zero-order valence-electron chi connectivity index (χ0n) is 16.9. The Hall–Kier alpha value is -2.32. The van der Waals surface area contributed by atoms with Gasteiger partial charge in [-0.05, 0) is 43.5 Å². The van der Waals surface area contributed by atoms with Gasteiger partial charge in [-0.25, -0.2) is 0 Å². The van der Waals surface area contributed by atoms with Crippen LogP contribution in [0.15, 0.2) is 41.4 Å². The molecule has 0 saturated carbocycles. The van der Waals surface area contributed by atoms with Gasteiger partial charge in [-0.3, -0.25) is 9.59 Å². The molecule has 30 heavy (non-hydrogen) atoms. The van der Waals surface area contributed by atoms with Crippen LogP contribution in [-0.4, -0.2) is 47.4 Å². The van der Waals surface area contributed by atoms with Gasteiger partial charge in [0.1, 0.15) is 5.03 Å². The molecule has 1 aromatic heterocycles. The molecule has 2 amide bonds. The lowest BCUT2D eigenvalue weighted by Gasteiger charge is -2.31. The number of amides is 2. The molecule has 160 valence electrons. The van der Waals surface area contributed by atoms with Gasteiger partial charge in [0.2, 0.25) is 11.8 Å². The van der Waals surface area contributed by atoms with Crippen molar-refractivity contribution < 1.29 is 9.59 Å². The summed E-state index contributed by atoms with van der Waals surface area (Å²) in [5.74, 6) is 1.10. The van der Waals surface area contributed by atoms with Crippen LogP contribution in [0.4, 0.5) is 11.5 Å². The number of nitrogens with zero attached hydrogens (tertiary/aromatic N) is 3. The normalized spacial score (nSPS) is 14.4. The molecule has 1 fully saturated rings. The molecule has 0 aliphatic carbocycles. The van der Waals surface area contributed by atoms with Crippen molar-refractivity contribution in [1.82, 2.24) is 15.5 Å². The van der Waals surface area contributed by atoms with E-state index >= 15 is 0 Å². The SMILES string of the molecule is CCCNC(=O)C1CCN(c2ccc(SCC(=O)Nc3ccccc3Cl)nn2)CC1. The van der Waals surface area contributed by atoms with Crippen LogP contribution in [0.1, 0.15) is 26.2 Å². The largest absolute Gasteiger partial charge is 0.356 e. The second-order valence-corrected chi connectivity index (χ2v) is 8.50. The van der Waals surface area contributed by atoms with Crippen molar-refractivity contribution in [2.45, 2.75) is 31.2 Å². The third kappa shape index (κ3) is 6.34. The Morgan fingerprint density at radius 3 is 2.60 bits per heavy atom. The fraction of sp³-hybridized carbons (Fsp3) is 0.429. The summed E-state index contributed by atoms with van der Waals surface area (Å²) in [6.07, 6.45) is 2.58. The van der Waals surface area contributed by atoms with E-state index in [1.54, 1.807) is 12.1 Å². The summed E-state index contributed by atoms with van der Waals surface area (Å²) in [4.78, 5) is 26.4. The van der Waals surface area contributed by atoms with E-state index in [1.165, 1.54) is 11.8 Å². The maximum atomic E-state index is 12.1. The van der Waals surface area contributed by atoms with E-state index in [-0.39, 0.29) is 23.5 Å². The molecular weight excluding hydrogens is 422 g/mol. The Kier molecular flexibility index (Phi) is 8.33. The number of carbonyl (C=O) groups excluding carboxylic acids is 2. The smallest absolute Gasteiger partial charge is 0.234 e. The number of aromatic nitrogens is 2. The molecule has 0 bridgehead atoms. The van der Waals surface area contributed by atoms with Crippen LogP contribution in [0.25, 0.3) is 0 Å². The molecule has 9 heteroatoms. The second kappa shape index (κ2) is 11.2. The van der Waals surface area contributed by atoms with Crippen molar-refractivity contribution in [3.63, 3.8) is 0 Å². The molecule has 0 spiro atoms. The van der Waals surface area contributed by atoms with Gasteiger partial charge in [0, 0.05) is 25.6 Å². The number of benzene rings is 1. The minimum atomic E-state index is -0.151. The first-order valence-electron chi connectivity index (χ1n) is 10.1. The summed E-state index contributed by atoms with van der Waals surface area (Å²) in [7, 11) is 0. The van der Waals surface area contributed by atoms with Crippen LogP contribution < -0.4 is 15.5 Å². The number of para-hydroxylation sites is 1. The quantitative estimate of drug-likeness (QED) is 0.601. The first kappa shape index (κ1) is 22.4. The Balaban J connectivity index is 1.44. The van der Waals surface area contributed by atoms with E-state index < -0.39 is 0 Å².